The van der Waals surface area contributed by atoms with Gasteiger partial charge in [-0.2, -0.15) is 0 Å². The summed E-state index contributed by atoms with van der Waals surface area (Å²) in [4.78, 5) is 22.4. The van der Waals surface area contributed by atoms with Crippen molar-refractivity contribution in [2.24, 2.45) is 0 Å². The minimum Gasteiger partial charge on any atom is -0.339 e. The van der Waals surface area contributed by atoms with Crippen molar-refractivity contribution in [3.05, 3.63) is 59.8 Å². The Kier molecular flexibility index (Phi) is 5.01. The lowest BCUT2D eigenvalue weighted by atomic mass is 9.97. The molecule has 0 bridgehead atoms. The van der Waals surface area contributed by atoms with Gasteiger partial charge < -0.3 is 9.88 Å². The molecule has 1 saturated heterocycles. The van der Waals surface area contributed by atoms with Crippen molar-refractivity contribution in [3.63, 3.8) is 0 Å². The summed E-state index contributed by atoms with van der Waals surface area (Å²) >= 11 is 0. The zero-order chi connectivity index (χ0) is 22.5. The van der Waals surface area contributed by atoms with Gasteiger partial charge in [0, 0.05) is 42.0 Å². The number of pyridine rings is 1. The molecular formula is C25H25N3O3S. The molecule has 0 atom stereocenters. The first-order chi connectivity index (χ1) is 15.4. The molecule has 7 heteroatoms. The number of nitrogens with one attached hydrogen (secondary N) is 1. The maximum atomic E-state index is 12.5. The fourth-order valence-electron chi connectivity index (χ4n) is 4.51. The van der Waals surface area contributed by atoms with Gasteiger partial charge in [0.25, 0.3) is 0 Å². The minimum absolute atomic E-state index is 0.0547. The van der Waals surface area contributed by atoms with Crippen molar-refractivity contribution in [2.75, 3.05) is 12.3 Å². The summed E-state index contributed by atoms with van der Waals surface area (Å²) in [6.07, 6.45) is 3.32. The van der Waals surface area contributed by atoms with Gasteiger partial charge >= 0.3 is 0 Å². The number of aryl methyl sites for hydroxylation is 1. The van der Waals surface area contributed by atoms with Crippen LogP contribution in [0.3, 0.4) is 0 Å². The third kappa shape index (κ3) is 3.56. The highest BCUT2D eigenvalue weighted by atomic mass is 32.2. The van der Waals surface area contributed by atoms with Crippen LogP contribution in [0.1, 0.15) is 30.9 Å². The highest BCUT2D eigenvalue weighted by Gasteiger charge is 2.22. The van der Waals surface area contributed by atoms with Crippen LogP contribution in [-0.2, 0) is 21.2 Å². The molecule has 4 aromatic rings. The molecule has 1 aliphatic heterocycles. The minimum atomic E-state index is -3.33. The highest BCUT2D eigenvalue weighted by Crippen LogP contribution is 2.37. The van der Waals surface area contributed by atoms with Crippen molar-refractivity contribution in [3.8, 4) is 11.1 Å². The molecule has 2 aromatic heterocycles. The molecule has 0 aliphatic carbocycles. The van der Waals surface area contributed by atoms with E-state index in [9.17, 15) is 13.2 Å². The van der Waals surface area contributed by atoms with Crippen LogP contribution in [0.5, 0.6) is 0 Å². The molecule has 1 amide bonds. The van der Waals surface area contributed by atoms with E-state index >= 15 is 0 Å². The molecule has 164 valence electrons. The van der Waals surface area contributed by atoms with Gasteiger partial charge in [-0.3, -0.25) is 4.79 Å². The lowest BCUT2D eigenvalue weighted by Crippen LogP contribution is -2.23. The number of H-pyrrole nitrogens is 1. The van der Waals surface area contributed by atoms with Crippen LogP contribution in [0.15, 0.2) is 53.6 Å². The molecule has 0 saturated carbocycles. The Morgan fingerprint density at radius 2 is 2.00 bits per heavy atom. The number of aromatic nitrogens is 2. The van der Waals surface area contributed by atoms with Crippen molar-refractivity contribution in [1.82, 2.24) is 14.9 Å². The molecule has 0 spiro atoms. The van der Waals surface area contributed by atoms with E-state index in [4.69, 9.17) is 0 Å². The predicted molar refractivity (Wildman–Crippen MR) is 126 cm³/mol. The number of nitrogens with zero attached hydrogens (tertiary/aromatic N) is 2. The fraction of sp³-hybridized carbons (Fsp3) is 0.280. The number of likely N-dealkylation sites (tertiary alicyclic amines) is 1. The number of carbonyl (C=O) groups is 1. The molecule has 0 radical (unpaired) electrons. The first-order valence-electron chi connectivity index (χ1n) is 10.9. The Labute approximate surface area is 187 Å². The van der Waals surface area contributed by atoms with Gasteiger partial charge in [0.1, 0.15) is 5.65 Å². The summed E-state index contributed by atoms with van der Waals surface area (Å²) in [6.45, 7) is 4.97. The standard InChI is InChI=1S/C25H25N3O3S/c1-3-32(30,31)19-7-4-6-18(13-19)20-11-17(15-28-9-5-8-23(28)29)12-22-24(20)21-10-16(2)14-26-25(21)27-22/h4,6-7,10-14H,3,5,8-9,15H2,1-2H3,(H,26,27). The summed E-state index contributed by atoms with van der Waals surface area (Å²) in [7, 11) is -3.33. The van der Waals surface area contributed by atoms with Crippen LogP contribution in [0.4, 0.5) is 0 Å². The second kappa shape index (κ2) is 7.74. The van der Waals surface area contributed by atoms with Crippen molar-refractivity contribution in [1.29, 1.82) is 0 Å². The third-order valence-corrected chi connectivity index (χ3v) is 7.91. The Balaban J connectivity index is 1.75. The molecular weight excluding hydrogens is 422 g/mol. The topological polar surface area (TPSA) is 83.1 Å². The number of hydrogen-bond donors (Lipinski definition) is 1. The molecule has 1 N–H and O–H groups in total. The number of sulfone groups is 1. The Hall–Kier alpha value is -3.19. The monoisotopic (exact) mass is 447 g/mol. The van der Waals surface area contributed by atoms with Crippen molar-refractivity contribution >= 4 is 37.7 Å². The largest absolute Gasteiger partial charge is 0.339 e. The first kappa shape index (κ1) is 20.7. The Bertz CT molecular complexity index is 1470. The van der Waals surface area contributed by atoms with E-state index in [1.54, 1.807) is 25.1 Å². The van der Waals surface area contributed by atoms with Crippen LogP contribution in [0.25, 0.3) is 33.1 Å². The molecule has 0 unspecified atom stereocenters. The predicted octanol–water partition coefficient (Wildman–Crippen LogP) is 4.61. The Morgan fingerprint density at radius 1 is 1.16 bits per heavy atom. The van der Waals surface area contributed by atoms with Gasteiger partial charge in [-0.1, -0.05) is 19.1 Å². The second-order valence-corrected chi connectivity index (χ2v) is 10.7. The number of benzene rings is 2. The molecule has 1 aliphatic rings. The summed E-state index contributed by atoms with van der Waals surface area (Å²) in [6, 6.07) is 13.4. The number of carbonyl (C=O) groups excluding carboxylic acids is 1. The van der Waals surface area contributed by atoms with Gasteiger partial charge in [0.2, 0.25) is 5.91 Å². The van der Waals surface area contributed by atoms with Crippen LogP contribution < -0.4 is 0 Å². The van der Waals surface area contributed by atoms with E-state index in [1.807, 2.05) is 24.1 Å². The molecule has 1 fully saturated rings. The first-order valence-corrected chi connectivity index (χ1v) is 12.5. The van der Waals surface area contributed by atoms with E-state index in [0.29, 0.717) is 17.9 Å². The van der Waals surface area contributed by atoms with Crippen LogP contribution in [0, 0.1) is 6.92 Å². The number of amides is 1. The van der Waals surface area contributed by atoms with Crippen molar-refractivity contribution < 1.29 is 13.2 Å². The lowest BCUT2D eigenvalue weighted by Gasteiger charge is -2.17. The average Bonchev–Trinajstić information content (AvgIpc) is 3.36. The maximum Gasteiger partial charge on any atom is 0.222 e. The van der Waals surface area contributed by atoms with Crippen molar-refractivity contribution in [2.45, 2.75) is 38.1 Å². The zero-order valence-electron chi connectivity index (χ0n) is 18.2. The van der Waals surface area contributed by atoms with Crippen LogP contribution in [-0.4, -0.2) is 41.5 Å². The van der Waals surface area contributed by atoms with E-state index in [2.05, 4.69) is 28.2 Å². The number of hydrogen-bond acceptors (Lipinski definition) is 4. The quantitative estimate of drug-likeness (QED) is 0.484. The van der Waals surface area contributed by atoms with E-state index in [1.165, 1.54) is 0 Å². The number of fused-ring (bicyclic) bond motifs is 3. The highest BCUT2D eigenvalue weighted by molar-refractivity contribution is 7.91. The van der Waals surface area contributed by atoms with Gasteiger partial charge in [-0.25, -0.2) is 13.4 Å². The normalized spacial score (nSPS) is 14.7. The Morgan fingerprint density at radius 3 is 2.75 bits per heavy atom. The molecule has 3 heterocycles. The van der Waals surface area contributed by atoms with Gasteiger partial charge in [-0.15, -0.1) is 0 Å². The van der Waals surface area contributed by atoms with E-state index < -0.39 is 9.84 Å². The lowest BCUT2D eigenvalue weighted by molar-refractivity contribution is -0.128. The maximum absolute atomic E-state index is 12.5. The number of aromatic amines is 1. The van der Waals surface area contributed by atoms with Crippen LogP contribution in [0.2, 0.25) is 0 Å². The van der Waals surface area contributed by atoms with E-state index in [-0.39, 0.29) is 11.7 Å². The average molecular weight is 448 g/mol. The van der Waals surface area contributed by atoms with Gasteiger partial charge in [0.15, 0.2) is 9.84 Å². The second-order valence-electron chi connectivity index (χ2n) is 8.45. The molecule has 32 heavy (non-hydrogen) atoms. The van der Waals surface area contributed by atoms with Crippen LogP contribution >= 0.6 is 0 Å². The number of rotatable bonds is 5. The summed E-state index contributed by atoms with van der Waals surface area (Å²) in [5.41, 5.74) is 5.56. The molecule has 2 aromatic carbocycles. The summed E-state index contributed by atoms with van der Waals surface area (Å²) in [5, 5.41) is 2.02. The zero-order valence-corrected chi connectivity index (χ0v) is 19.0. The smallest absolute Gasteiger partial charge is 0.222 e. The fourth-order valence-corrected chi connectivity index (χ4v) is 5.44. The summed E-state index contributed by atoms with van der Waals surface area (Å²) < 4.78 is 25.1. The van der Waals surface area contributed by atoms with E-state index in [0.717, 1.165) is 57.2 Å². The summed E-state index contributed by atoms with van der Waals surface area (Å²) in [5.74, 6) is 0.232. The van der Waals surface area contributed by atoms with Gasteiger partial charge in [-0.05, 0) is 65.9 Å². The SMILES string of the molecule is CCS(=O)(=O)c1cccc(-c2cc(CN3CCCC3=O)cc3[nH]c4ncc(C)cc4c23)c1. The van der Waals surface area contributed by atoms with Gasteiger partial charge in [0.05, 0.1) is 10.6 Å². The molecule has 6 nitrogen and oxygen atoms in total. The molecule has 5 rings (SSSR count). The third-order valence-electron chi connectivity index (χ3n) is 6.17.